The van der Waals surface area contributed by atoms with Gasteiger partial charge in [0.05, 0.1) is 26.4 Å². The molecule has 1 saturated heterocycles. The van der Waals surface area contributed by atoms with Gasteiger partial charge >= 0.3 is 0 Å². The lowest BCUT2D eigenvalue weighted by Crippen LogP contribution is -2.52. The Morgan fingerprint density at radius 3 is 3.11 bits per heavy atom. The van der Waals surface area contributed by atoms with Gasteiger partial charge in [-0.3, -0.25) is 4.79 Å². The van der Waals surface area contributed by atoms with Crippen LogP contribution in [0.1, 0.15) is 10.4 Å². The molecule has 0 aromatic heterocycles. The number of carbonyl (C=O) groups excluding carboxylic acids is 1. The number of carbonyl (C=O) groups is 1. The summed E-state index contributed by atoms with van der Waals surface area (Å²) < 4.78 is 23.5. The highest BCUT2D eigenvalue weighted by molar-refractivity contribution is 5.95. The van der Waals surface area contributed by atoms with Crippen molar-refractivity contribution in [3.8, 4) is 5.75 Å². The largest absolute Gasteiger partial charge is 0.494 e. The fourth-order valence-electron chi connectivity index (χ4n) is 2.08. The Kier molecular flexibility index (Phi) is 4.34. The number of halogens is 1. The first-order valence-corrected chi connectivity index (χ1v) is 6.09. The van der Waals surface area contributed by atoms with Gasteiger partial charge in [0.2, 0.25) is 0 Å². The summed E-state index contributed by atoms with van der Waals surface area (Å²) in [7, 11) is 1.37. The van der Waals surface area contributed by atoms with E-state index in [0.29, 0.717) is 31.9 Å². The summed E-state index contributed by atoms with van der Waals surface area (Å²) in [4.78, 5) is 14.0. The first-order valence-electron chi connectivity index (χ1n) is 6.09. The number of ether oxygens (including phenoxy) is 2. The van der Waals surface area contributed by atoms with E-state index in [-0.39, 0.29) is 17.7 Å². The van der Waals surface area contributed by atoms with Crippen LogP contribution in [0.4, 0.5) is 4.39 Å². The summed E-state index contributed by atoms with van der Waals surface area (Å²) in [6.07, 6.45) is 0. The molecule has 5 nitrogen and oxygen atoms in total. The molecule has 1 unspecified atom stereocenters. The molecule has 2 N–H and O–H groups in total. The van der Waals surface area contributed by atoms with Crippen LogP contribution in [0.3, 0.4) is 0 Å². The predicted octanol–water partition coefficient (Wildman–Crippen LogP) is 0.634. The molecule has 1 fully saturated rings. The summed E-state index contributed by atoms with van der Waals surface area (Å²) >= 11 is 0. The Morgan fingerprint density at radius 1 is 1.63 bits per heavy atom. The molecule has 6 heteroatoms. The monoisotopic (exact) mass is 268 g/mol. The van der Waals surface area contributed by atoms with E-state index in [1.54, 1.807) is 4.90 Å². The molecule has 0 saturated carbocycles. The summed E-state index contributed by atoms with van der Waals surface area (Å²) in [6.45, 7) is 1.74. The normalized spacial score (nSPS) is 19.3. The van der Waals surface area contributed by atoms with E-state index in [4.69, 9.17) is 15.2 Å². The predicted molar refractivity (Wildman–Crippen MR) is 67.6 cm³/mol. The van der Waals surface area contributed by atoms with Crippen molar-refractivity contribution in [3.05, 3.63) is 29.6 Å². The molecule has 0 aliphatic carbocycles. The molecule has 1 atom stereocenters. The minimum Gasteiger partial charge on any atom is -0.494 e. The van der Waals surface area contributed by atoms with Crippen LogP contribution in [0.5, 0.6) is 5.75 Å². The molecule has 0 spiro atoms. The van der Waals surface area contributed by atoms with Crippen molar-refractivity contribution in [3.63, 3.8) is 0 Å². The van der Waals surface area contributed by atoms with Gasteiger partial charge in [-0.15, -0.1) is 0 Å². The van der Waals surface area contributed by atoms with E-state index in [2.05, 4.69) is 0 Å². The molecule has 2 rings (SSSR count). The highest BCUT2D eigenvalue weighted by Gasteiger charge is 2.27. The van der Waals surface area contributed by atoms with E-state index in [9.17, 15) is 9.18 Å². The highest BCUT2D eigenvalue weighted by atomic mass is 19.1. The molecule has 0 bridgehead atoms. The molecule has 19 heavy (non-hydrogen) atoms. The number of methoxy groups -OCH3 is 1. The van der Waals surface area contributed by atoms with Crippen LogP contribution >= 0.6 is 0 Å². The summed E-state index contributed by atoms with van der Waals surface area (Å²) in [5.41, 5.74) is 6.02. The number of amides is 1. The lowest BCUT2D eigenvalue weighted by atomic mass is 10.1. The topological polar surface area (TPSA) is 64.8 Å². The van der Waals surface area contributed by atoms with Crippen molar-refractivity contribution >= 4 is 5.91 Å². The van der Waals surface area contributed by atoms with Crippen molar-refractivity contribution in [1.29, 1.82) is 0 Å². The van der Waals surface area contributed by atoms with Crippen molar-refractivity contribution in [1.82, 2.24) is 4.90 Å². The van der Waals surface area contributed by atoms with Crippen LogP contribution in [0, 0.1) is 5.82 Å². The Balaban J connectivity index is 2.22. The molecule has 1 aromatic carbocycles. The Morgan fingerprint density at radius 2 is 2.42 bits per heavy atom. The second-order valence-corrected chi connectivity index (χ2v) is 4.31. The lowest BCUT2D eigenvalue weighted by Gasteiger charge is -2.35. The lowest BCUT2D eigenvalue weighted by molar-refractivity contribution is 0.000821. The van der Waals surface area contributed by atoms with Gasteiger partial charge in [-0.2, -0.15) is 0 Å². The zero-order valence-electron chi connectivity index (χ0n) is 10.8. The van der Waals surface area contributed by atoms with Gasteiger partial charge < -0.3 is 20.1 Å². The van der Waals surface area contributed by atoms with Gasteiger partial charge in [0.1, 0.15) is 0 Å². The third kappa shape index (κ3) is 2.85. The Hall–Kier alpha value is -1.66. The number of nitrogens with two attached hydrogens (primary N) is 1. The number of rotatable bonds is 3. The molecule has 1 aromatic rings. The third-order valence-corrected chi connectivity index (χ3v) is 3.16. The minimum atomic E-state index is -0.489. The van der Waals surface area contributed by atoms with Crippen LogP contribution in [0.15, 0.2) is 18.2 Å². The zero-order chi connectivity index (χ0) is 13.8. The maximum atomic E-state index is 13.3. The molecule has 1 amide bonds. The highest BCUT2D eigenvalue weighted by Crippen LogP contribution is 2.20. The SMILES string of the molecule is COc1cc(C(=O)N2CCOCC2CN)ccc1F. The van der Waals surface area contributed by atoms with E-state index in [0.717, 1.165) is 0 Å². The quantitative estimate of drug-likeness (QED) is 0.873. The van der Waals surface area contributed by atoms with Crippen molar-refractivity contribution in [2.75, 3.05) is 33.4 Å². The van der Waals surface area contributed by atoms with Gasteiger partial charge in [0.15, 0.2) is 11.6 Å². The summed E-state index contributed by atoms with van der Waals surface area (Å²) in [5, 5.41) is 0. The molecule has 1 aliphatic rings. The first kappa shape index (κ1) is 13.8. The van der Waals surface area contributed by atoms with Crippen LogP contribution in [0.25, 0.3) is 0 Å². The van der Waals surface area contributed by atoms with Crippen molar-refractivity contribution in [2.45, 2.75) is 6.04 Å². The standard InChI is InChI=1S/C13H17FN2O3/c1-18-12-6-9(2-3-11(12)14)13(17)16-4-5-19-8-10(16)7-15/h2-3,6,10H,4-5,7-8,15H2,1H3. The van der Waals surface area contributed by atoms with E-state index < -0.39 is 5.82 Å². The molecular formula is C13H17FN2O3. The number of hydrogen-bond acceptors (Lipinski definition) is 4. The third-order valence-electron chi connectivity index (χ3n) is 3.16. The van der Waals surface area contributed by atoms with Gasteiger partial charge in [-0.05, 0) is 18.2 Å². The summed E-state index contributed by atoms with van der Waals surface area (Å²) in [6, 6.07) is 3.94. The molecule has 1 aliphatic heterocycles. The van der Waals surface area contributed by atoms with E-state index in [1.165, 1.54) is 25.3 Å². The molecule has 104 valence electrons. The fraction of sp³-hybridized carbons (Fsp3) is 0.462. The molecular weight excluding hydrogens is 251 g/mol. The average Bonchev–Trinajstić information content (AvgIpc) is 2.47. The first-order chi connectivity index (χ1) is 9.17. The van der Waals surface area contributed by atoms with Gasteiger partial charge in [-0.1, -0.05) is 0 Å². The van der Waals surface area contributed by atoms with Gasteiger partial charge in [0, 0.05) is 18.7 Å². The fourth-order valence-corrected chi connectivity index (χ4v) is 2.08. The van der Waals surface area contributed by atoms with Crippen LogP contribution < -0.4 is 10.5 Å². The number of morpholine rings is 1. The Labute approximate surface area is 111 Å². The van der Waals surface area contributed by atoms with Crippen LogP contribution in [0.2, 0.25) is 0 Å². The van der Waals surface area contributed by atoms with Crippen LogP contribution in [-0.2, 0) is 4.74 Å². The average molecular weight is 268 g/mol. The van der Waals surface area contributed by atoms with Gasteiger partial charge in [0.25, 0.3) is 5.91 Å². The van der Waals surface area contributed by atoms with E-state index >= 15 is 0 Å². The van der Waals surface area contributed by atoms with Crippen LogP contribution in [-0.4, -0.2) is 50.3 Å². The summed E-state index contributed by atoms with van der Waals surface area (Å²) in [5.74, 6) is -0.614. The molecule has 0 radical (unpaired) electrons. The van der Waals surface area contributed by atoms with Gasteiger partial charge in [-0.25, -0.2) is 4.39 Å². The number of hydrogen-bond donors (Lipinski definition) is 1. The maximum absolute atomic E-state index is 13.3. The smallest absolute Gasteiger partial charge is 0.254 e. The zero-order valence-corrected chi connectivity index (χ0v) is 10.8. The van der Waals surface area contributed by atoms with Crippen molar-refractivity contribution in [2.24, 2.45) is 5.73 Å². The maximum Gasteiger partial charge on any atom is 0.254 e. The Bertz CT molecular complexity index is 467. The van der Waals surface area contributed by atoms with Crippen molar-refractivity contribution < 1.29 is 18.7 Å². The second-order valence-electron chi connectivity index (χ2n) is 4.31. The second kappa shape index (κ2) is 5.99. The number of benzene rings is 1. The number of nitrogens with zero attached hydrogens (tertiary/aromatic N) is 1. The minimum absolute atomic E-state index is 0.0587. The van der Waals surface area contributed by atoms with E-state index in [1.807, 2.05) is 0 Å². The molecule has 1 heterocycles.